The lowest BCUT2D eigenvalue weighted by molar-refractivity contribution is -0.137. The number of hydrogen-bond donors (Lipinski definition) is 0. The highest BCUT2D eigenvalue weighted by Gasteiger charge is 2.34. The fraction of sp³-hybridized carbons (Fsp3) is 0.240. The molecule has 32 heavy (non-hydrogen) atoms. The number of aryl methyl sites for hydroxylation is 1. The summed E-state index contributed by atoms with van der Waals surface area (Å²) in [5.74, 6) is -0.0437. The van der Waals surface area contributed by atoms with E-state index < -0.39 is 11.7 Å². The van der Waals surface area contributed by atoms with Crippen LogP contribution >= 0.6 is 11.3 Å². The highest BCUT2D eigenvalue weighted by molar-refractivity contribution is 7.10. The average molecular weight is 455 g/mol. The van der Waals surface area contributed by atoms with Crippen molar-refractivity contribution in [2.24, 2.45) is 7.05 Å². The van der Waals surface area contributed by atoms with Crippen LogP contribution in [0.4, 0.5) is 13.2 Å². The predicted molar refractivity (Wildman–Crippen MR) is 120 cm³/mol. The van der Waals surface area contributed by atoms with Crippen molar-refractivity contribution in [3.05, 3.63) is 93.3 Å². The number of hydrogen-bond acceptors (Lipinski definition) is 2. The van der Waals surface area contributed by atoms with Gasteiger partial charge in [0.15, 0.2) is 0 Å². The molecule has 0 aliphatic carbocycles. The summed E-state index contributed by atoms with van der Waals surface area (Å²) in [6, 6.07) is 15.0. The lowest BCUT2D eigenvalue weighted by Crippen LogP contribution is -2.40. The largest absolute Gasteiger partial charge is 0.416 e. The van der Waals surface area contributed by atoms with Crippen LogP contribution in [0.3, 0.4) is 0 Å². The zero-order valence-electron chi connectivity index (χ0n) is 17.4. The molecule has 0 bridgehead atoms. The number of nitrogens with zero attached hydrogens (tertiary/aromatic N) is 2. The third-order valence-corrected chi connectivity index (χ3v) is 7.24. The normalized spacial score (nSPS) is 16.4. The van der Waals surface area contributed by atoms with Gasteiger partial charge in [0, 0.05) is 35.6 Å². The molecule has 2 aromatic carbocycles. The van der Waals surface area contributed by atoms with Gasteiger partial charge in [-0.25, -0.2) is 0 Å². The second-order valence-electron chi connectivity index (χ2n) is 8.14. The standard InChI is InChI=1S/C25H21F3N2OS/c1-29-15-20(19-4-2-3-5-21(19)29)24(31)30-12-10-17-11-13-32-23(17)22(30)14-16-6-8-18(9-7-16)25(26,27)28/h2-9,11,13,15,22H,10,12,14H2,1H3. The van der Waals surface area contributed by atoms with E-state index in [1.807, 2.05) is 52.4 Å². The molecule has 0 spiro atoms. The van der Waals surface area contributed by atoms with Gasteiger partial charge in [-0.3, -0.25) is 4.79 Å². The number of rotatable bonds is 3. The van der Waals surface area contributed by atoms with Crippen molar-refractivity contribution >= 4 is 28.1 Å². The molecule has 1 aliphatic heterocycles. The van der Waals surface area contributed by atoms with Crippen LogP contribution in [-0.2, 0) is 26.1 Å². The number of carbonyl (C=O) groups excluding carboxylic acids is 1. The van der Waals surface area contributed by atoms with E-state index in [-0.39, 0.29) is 11.9 Å². The number of benzene rings is 2. The summed E-state index contributed by atoms with van der Waals surface area (Å²) < 4.78 is 40.8. The monoisotopic (exact) mass is 454 g/mol. The van der Waals surface area contributed by atoms with Gasteiger partial charge in [0.05, 0.1) is 17.2 Å². The van der Waals surface area contributed by atoms with E-state index in [1.54, 1.807) is 11.3 Å². The number of thiophene rings is 1. The van der Waals surface area contributed by atoms with Crippen molar-refractivity contribution in [3.63, 3.8) is 0 Å². The SMILES string of the molecule is Cn1cc(C(=O)N2CCc3ccsc3C2Cc2ccc(C(F)(F)F)cc2)c2ccccc21. The number of halogens is 3. The summed E-state index contributed by atoms with van der Waals surface area (Å²) in [6.45, 7) is 0.580. The summed E-state index contributed by atoms with van der Waals surface area (Å²) in [7, 11) is 1.92. The zero-order chi connectivity index (χ0) is 22.5. The molecule has 0 fully saturated rings. The molecule has 0 saturated carbocycles. The van der Waals surface area contributed by atoms with Crippen LogP contribution in [0.5, 0.6) is 0 Å². The first-order chi connectivity index (χ1) is 15.3. The van der Waals surface area contributed by atoms with Gasteiger partial charge < -0.3 is 9.47 Å². The lowest BCUT2D eigenvalue weighted by Gasteiger charge is -2.36. The van der Waals surface area contributed by atoms with Crippen LogP contribution in [0, 0.1) is 0 Å². The Labute approximate surface area is 187 Å². The lowest BCUT2D eigenvalue weighted by atomic mass is 9.94. The Kier molecular flexibility index (Phi) is 5.08. The average Bonchev–Trinajstić information content (AvgIpc) is 3.38. The molecule has 164 valence electrons. The van der Waals surface area contributed by atoms with E-state index in [1.165, 1.54) is 17.7 Å². The molecule has 1 unspecified atom stereocenters. The van der Waals surface area contributed by atoms with E-state index >= 15 is 0 Å². The predicted octanol–water partition coefficient (Wildman–Crippen LogP) is 6.24. The minimum absolute atomic E-state index is 0.0437. The van der Waals surface area contributed by atoms with Crippen LogP contribution in [0.25, 0.3) is 10.9 Å². The Morgan fingerprint density at radius 2 is 1.84 bits per heavy atom. The topological polar surface area (TPSA) is 25.2 Å². The Hall–Kier alpha value is -3.06. The van der Waals surface area contributed by atoms with Gasteiger partial charge in [0.2, 0.25) is 0 Å². The summed E-state index contributed by atoms with van der Waals surface area (Å²) in [4.78, 5) is 16.7. The first-order valence-electron chi connectivity index (χ1n) is 10.4. The molecular formula is C25H21F3N2OS. The number of aromatic nitrogens is 1. The quantitative estimate of drug-likeness (QED) is 0.360. The summed E-state index contributed by atoms with van der Waals surface area (Å²) in [5.41, 5.74) is 2.98. The number of carbonyl (C=O) groups is 1. The Morgan fingerprint density at radius 1 is 1.09 bits per heavy atom. The van der Waals surface area contributed by atoms with Gasteiger partial charge >= 0.3 is 6.18 Å². The number of alkyl halides is 3. The summed E-state index contributed by atoms with van der Waals surface area (Å²) in [5, 5.41) is 2.93. The van der Waals surface area contributed by atoms with Crippen molar-refractivity contribution in [1.29, 1.82) is 0 Å². The van der Waals surface area contributed by atoms with E-state index in [9.17, 15) is 18.0 Å². The van der Waals surface area contributed by atoms with Crippen molar-refractivity contribution in [2.45, 2.75) is 25.1 Å². The summed E-state index contributed by atoms with van der Waals surface area (Å²) in [6.07, 6.45) is -1.24. The fourth-order valence-corrected chi connectivity index (χ4v) is 5.62. The van der Waals surface area contributed by atoms with Gasteiger partial charge in [-0.15, -0.1) is 11.3 Å². The molecule has 3 heterocycles. The van der Waals surface area contributed by atoms with E-state index in [4.69, 9.17) is 0 Å². The molecule has 0 saturated heterocycles. The maximum Gasteiger partial charge on any atom is 0.416 e. The van der Waals surface area contributed by atoms with Gasteiger partial charge in [-0.1, -0.05) is 30.3 Å². The van der Waals surface area contributed by atoms with Crippen molar-refractivity contribution < 1.29 is 18.0 Å². The Bertz CT molecular complexity index is 1290. The van der Waals surface area contributed by atoms with E-state index in [0.29, 0.717) is 18.5 Å². The maximum absolute atomic E-state index is 13.7. The zero-order valence-corrected chi connectivity index (χ0v) is 18.2. The third kappa shape index (κ3) is 3.60. The molecule has 7 heteroatoms. The molecular weight excluding hydrogens is 433 g/mol. The molecule has 0 radical (unpaired) electrons. The number of para-hydroxylation sites is 1. The fourth-order valence-electron chi connectivity index (χ4n) is 4.55. The van der Waals surface area contributed by atoms with Gasteiger partial charge in [0.25, 0.3) is 5.91 Å². The maximum atomic E-state index is 13.7. The second-order valence-corrected chi connectivity index (χ2v) is 9.09. The third-order valence-electron chi connectivity index (χ3n) is 6.18. The van der Waals surface area contributed by atoms with E-state index in [0.717, 1.165) is 39.9 Å². The summed E-state index contributed by atoms with van der Waals surface area (Å²) >= 11 is 1.61. The van der Waals surface area contributed by atoms with Crippen molar-refractivity contribution in [3.8, 4) is 0 Å². The van der Waals surface area contributed by atoms with Gasteiger partial charge in [-0.2, -0.15) is 13.2 Å². The molecule has 2 aromatic heterocycles. The number of fused-ring (bicyclic) bond motifs is 2. The number of amides is 1. The van der Waals surface area contributed by atoms with Crippen LogP contribution in [0.15, 0.2) is 66.2 Å². The highest BCUT2D eigenvalue weighted by atomic mass is 32.1. The smallest absolute Gasteiger partial charge is 0.350 e. The molecule has 4 aromatic rings. The second kappa shape index (κ2) is 7.81. The molecule has 5 rings (SSSR count). The Balaban J connectivity index is 1.50. The Morgan fingerprint density at radius 3 is 2.59 bits per heavy atom. The highest BCUT2D eigenvalue weighted by Crippen LogP contribution is 2.38. The minimum atomic E-state index is -4.36. The van der Waals surface area contributed by atoms with Gasteiger partial charge in [0.1, 0.15) is 0 Å². The van der Waals surface area contributed by atoms with Gasteiger partial charge in [-0.05, 0) is 53.6 Å². The molecule has 0 N–H and O–H groups in total. The van der Waals surface area contributed by atoms with Crippen LogP contribution in [-0.4, -0.2) is 21.9 Å². The molecule has 1 aliphatic rings. The molecule has 1 amide bonds. The van der Waals surface area contributed by atoms with Crippen molar-refractivity contribution in [2.75, 3.05) is 6.54 Å². The first kappa shape index (κ1) is 20.8. The molecule has 3 nitrogen and oxygen atoms in total. The molecule has 1 atom stereocenters. The van der Waals surface area contributed by atoms with E-state index in [2.05, 4.69) is 6.07 Å². The van der Waals surface area contributed by atoms with Crippen molar-refractivity contribution in [1.82, 2.24) is 9.47 Å². The van der Waals surface area contributed by atoms with Crippen LogP contribution in [0.1, 0.15) is 38.0 Å². The van der Waals surface area contributed by atoms with Crippen LogP contribution in [0.2, 0.25) is 0 Å². The first-order valence-corrected chi connectivity index (χ1v) is 11.3. The minimum Gasteiger partial charge on any atom is -0.350 e. The van der Waals surface area contributed by atoms with Crippen LogP contribution < -0.4 is 0 Å².